The number of benzene rings is 1. The zero-order valence-electron chi connectivity index (χ0n) is 19.8. The Labute approximate surface area is 197 Å². The highest BCUT2D eigenvalue weighted by Gasteiger charge is 2.39. The van der Waals surface area contributed by atoms with Gasteiger partial charge in [-0.3, -0.25) is 4.79 Å². The molecule has 4 rings (SSSR count). The molecule has 0 bridgehead atoms. The molecule has 2 N–H and O–H groups in total. The summed E-state index contributed by atoms with van der Waals surface area (Å²) in [5.41, 5.74) is 4.89. The molecule has 0 spiro atoms. The summed E-state index contributed by atoms with van der Waals surface area (Å²) in [5, 5.41) is -0.542. The lowest BCUT2D eigenvalue weighted by molar-refractivity contribution is 0.0518. The van der Waals surface area contributed by atoms with E-state index < -0.39 is 37.6 Å². The van der Waals surface area contributed by atoms with Crippen LogP contribution in [0.1, 0.15) is 49.5 Å². The van der Waals surface area contributed by atoms with Crippen molar-refractivity contribution in [3.8, 4) is 5.75 Å². The van der Waals surface area contributed by atoms with E-state index in [0.29, 0.717) is 25.9 Å². The molecule has 0 radical (unpaired) electrons. The van der Waals surface area contributed by atoms with Gasteiger partial charge in [0, 0.05) is 31.4 Å². The van der Waals surface area contributed by atoms with Crippen molar-refractivity contribution in [2.45, 2.75) is 50.2 Å². The number of carbonyl (C=O) groups excluding carboxylic acids is 1. The fourth-order valence-corrected chi connectivity index (χ4v) is 5.95. The maximum atomic E-state index is 15.6. The summed E-state index contributed by atoms with van der Waals surface area (Å²) in [6.45, 7) is 4.46. The molecule has 1 saturated carbocycles. The Kier molecular flexibility index (Phi) is 6.36. The molecule has 1 aliphatic heterocycles. The van der Waals surface area contributed by atoms with Gasteiger partial charge in [-0.1, -0.05) is 0 Å². The Bertz CT molecular complexity index is 1320. The number of carbonyl (C=O) groups is 1. The van der Waals surface area contributed by atoms with E-state index in [1.807, 2.05) is 11.8 Å². The summed E-state index contributed by atoms with van der Waals surface area (Å²) >= 11 is 0. The van der Waals surface area contributed by atoms with Crippen molar-refractivity contribution >= 4 is 32.4 Å². The predicted octanol–water partition coefficient (Wildman–Crippen LogP) is 2.24. The Morgan fingerprint density at radius 3 is 2.50 bits per heavy atom. The minimum absolute atomic E-state index is 0.0464. The predicted molar refractivity (Wildman–Crippen MR) is 126 cm³/mol. The molecule has 1 saturated heterocycles. The van der Waals surface area contributed by atoms with Gasteiger partial charge in [0.05, 0.1) is 24.6 Å². The van der Waals surface area contributed by atoms with Crippen LogP contribution < -0.4 is 20.8 Å². The van der Waals surface area contributed by atoms with Crippen LogP contribution in [-0.2, 0) is 14.6 Å². The number of hydrogen-bond acceptors (Lipinski definition) is 8. The number of methoxy groups -OCH3 is 1. The number of ether oxygens (including phenoxy) is 2. The van der Waals surface area contributed by atoms with E-state index in [0.717, 1.165) is 18.7 Å². The first-order valence-corrected chi connectivity index (χ1v) is 13.3. The van der Waals surface area contributed by atoms with Gasteiger partial charge in [-0.05, 0) is 45.1 Å². The quantitative estimate of drug-likeness (QED) is 0.581. The summed E-state index contributed by atoms with van der Waals surface area (Å²) in [5.74, 6) is -1.50. The largest absolute Gasteiger partial charge is 0.492 e. The highest BCUT2D eigenvalue weighted by atomic mass is 32.2. The molecule has 9 nitrogen and oxygen atoms in total. The van der Waals surface area contributed by atoms with Gasteiger partial charge in [0.1, 0.15) is 11.3 Å². The molecular weight excluding hydrogens is 465 g/mol. The molecule has 11 heteroatoms. The number of rotatable bonds is 7. The summed E-state index contributed by atoms with van der Waals surface area (Å²) in [6, 6.07) is 0.722. The van der Waals surface area contributed by atoms with E-state index in [-0.39, 0.29) is 46.9 Å². The molecule has 1 aliphatic carbocycles. The summed E-state index contributed by atoms with van der Waals surface area (Å²) in [7, 11) is -2.69. The lowest BCUT2D eigenvalue weighted by atomic mass is 10.0. The van der Waals surface area contributed by atoms with Gasteiger partial charge in [-0.2, -0.15) is 0 Å². The van der Waals surface area contributed by atoms with E-state index >= 15 is 4.39 Å². The second-order valence-electron chi connectivity index (χ2n) is 9.09. The van der Waals surface area contributed by atoms with Crippen LogP contribution in [0, 0.1) is 11.7 Å². The standard InChI is InChI=1S/C23H30FN3O6S/c1-5-33-23(29)17-20(28)15-10-16(24)19(26-9-8-13(11-26)12(2)25)21(32-3)18(15)27(14-6-7-14)22(17)34(4,30)31/h10,12-14H,5-9,11,25H2,1-4H3/t12-,13+/m0/s1. The smallest absolute Gasteiger partial charge is 0.345 e. The van der Waals surface area contributed by atoms with Gasteiger partial charge in [0.2, 0.25) is 5.43 Å². The van der Waals surface area contributed by atoms with Crippen LogP contribution in [0.5, 0.6) is 5.75 Å². The number of nitrogens with zero attached hydrogens (tertiary/aromatic N) is 2. The number of halogens is 1. The first-order valence-electron chi connectivity index (χ1n) is 11.4. The Balaban J connectivity index is 2.12. The van der Waals surface area contributed by atoms with Crippen LogP contribution in [0.3, 0.4) is 0 Å². The maximum absolute atomic E-state index is 15.6. The van der Waals surface area contributed by atoms with Crippen molar-refractivity contribution < 1.29 is 27.1 Å². The van der Waals surface area contributed by atoms with Crippen molar-refractivity contribution in [1.29, 1.82) is 0 Å². The number of aromatic nitrogens is 1. The Morgan fingerprint density at radius 2 is 2.00 bits per heavy atom. The van der Waals surface area contributed by atoms with Gasteiger partial charge < -0.3 is 24.7 Å². The summed E-state index contributed by atoms with van der Waals surface area (Å²) < 4.78 is 53.5. The number of anilines is 1. The number of sulfone groups is 1. The lowest BCUT2D eigenvalue weighted by Gasteiger charge is -2.26. The van der Waals surface area contributed by atoms with Gasteiger partial charge in [0.15, 0.2) is 26.4 Å². The second-order valence-corrected chi connectivity index (χ2v) is 11.0. The highest BCUT2D eigenvalue weighted by Crippen LogP contribution is 2.46. The van der Waals surface area contributed by atoms with E-state index in [1.165, 1.54) is 11.7 Å². The lowest BCUT2D eigenvalue weighted by Crippen LogP contribution is -2.31. The monoisotopic (exact) mass is 495 g/mol. The van der Waals surface area contributed by atoms with Gasteiger partial charge in [-0.25, -0.2) is 17.6 Å². The van der Waals surface area contributed by atoms with Crippen molar-refractivity contribution in [3.05, 3.63) is 27.7 Å². The van der Waals surface area contributed by atoms with Gasteiger partial charge in [-0.15, -0.1) is 0 Å². The van der Waals surface area contributed by atoms with Crippen LogP contribution in [0.4, 0.5) is 10.1 Å². The van der Waals surface area contributed by atoms with E-state index in [4.69, 9.17) is 15.2 Å². The fraction of sp³-hybridized carbons (Fsp3) is 0.565. The first kappa shape index (κ1) is 24.5. The zero-order valence-corrected chi connectivity index (χ0v) is 20.6. The third-order valence-electron chi connectivity index (χ3n) is 6.56. The molecular formula is C23H30FN3O6S. The number of pyridine rings is 1. The van der Waals surface area contributed by atoms with Crippen LogP contribution in [0.25, 0.3) is 10.9 Å². The number of hydrogen-bond donors (Lipinski definition) is 1. The first-order chi connectivity index (χ1) is 16.0. The molecule has 1 aromatic heterocycles. The summed E-state index contributed by atoms with van der Waals surface area (Å²) in [6.07, 6.45) is 3.01. The van der Waals surface area contributed by atoms with Crippen molar-refractivity contribution in [2.75, 3.05) is 38.0 Å². The molecule has 2 atom stereocenters. The minimum atomic E-state index is -4.05. The molecule has 0 amide bonds. The van der Waals surface area contributed by atoms with Crippen molar-refractivity contribution in [3.63, 3.8) is 0 Å². The van der Waals surface area contributed by atoms with Crippen LogP contribution in [0.2, 0.25) is 0 Å². The van der Waals surface area contributed by atoms with E-state index in [9.17, 15) is 18.0 Å². The Morgan fingerprint density at radius 1 is 1.32 bits per heavy atom. The van der Waals surface area contributed by atoms with E-state index in [2.05, 4.69) is 0 Å². The minimum Gasteiger partial charge on any atom is -0.492 e. The van der Waals surface area contributed by atoms with Gasteiger partial charge in [0.25, 0.3) is 0 Å². The zero-order chi connectivity index (χ0) is 24.9. The molecule has 2 heterocycles. The average Bonchev–Trinajstić information content (AvgIpc) is 3.47. The van der Waals surface area contributed by atoms with Crippen LogP contribution in [-0.4, -0.2) is 58.1 Å². The van der Waals surface area contributed by atoms with E-state index in [1.54, 1.807) is 6.92 Å². The third-order valence-corrected chi connectivity index (χ3v) is 7.66. The normalized spacial score (nSPS) is 19.5. The maximum Gasteiger partial charge on any atom is 0.345 e. The molecule has 186 valence electrons. The topological polar surface area (TPSA) is 121 Å². The van der Waals surface area contributed by atoms with Crippen molar-refractivity contribution in [2.24, 2.45) is 11.7 Å². The highest BCUT2D eigenvalue weighted by molar-refractivity contribution is 7.90. The molecule has 2 aromatic rings. The molecule has 2 fully saturated rings. The third kappa shape index (κ3) is 4.04. The fourth-order valence-electron chi connectivity index (χ4n) is 4.81. The van der Waals surface area contributed by atoms with Crippen molar-refractivity contribution in [1.82, 2.24) is 4.57 Å². The molecule has 0 unspecified atom stereocenters. The number of fused-ring (bicyclic) bond motifs is 1. The van der Waals surface area contributed by atoms with Crippen LogP contribution >= 0.6 is 0 Å². The molecule has 1 aromatic carbocycles. The second kappa shape index (κ2) is 8.84. The number of esters is 1. The summed E-state index contributed by atoms with van der Waals surface area (Å²) in [4.78, 5) is 28.0. The Hall–Kier alpha value is -2.66. The SMILES string of the molecule is CCOC(=O)c1c(S(C)(=O)=O)n(C2CC2)c2c(OC)c(N3CC[C@@H]([C@H](C)N)C3)c(F)cc2c1=O. The molecule has 2 aliphatic rings. The average molecular weight is 496 g/mol. The number of nitrogens with two attached hydrogens (primary N) is 1. The van der Waals surface area contributed by atoms with Gasteiger partial charge >= 0.3 is 5.97 Å². The molecule has 34 heavy (non-hydrogen) atoms. The van der Waals surface area contributed by atoms with Crippen LogP contribution in [0.15, 0.2) is 15.9 Å².